The van der Waals surface area contributed by atoms with Crippen LogP contribution in [0.5, 0.6) is 5.75 Å². The second-order valence-electron chi connectivity index (χ2n) is 5.50. The van der Waals surface area contributed by atoms with E-state index < -0.39 is 0 Å². The first kappa shape index (κ1) is 15.5. The molecule has 1 heterocycles. The summed E-state index contributed by atoms with van der Waals surface area (Å²) in [6.07, 6.45) is 5.95. The third-order valence-corrected chi connectivity index (χ3v) is 4.15. The third-order valence-electron chi connectivity index (χ3n) is 4.15. The van der Waals surface area contributed by atoms with E-state index in [2.05, 4.69) is 17.0 Å². The van der Waals surface area contributed by atoms with Crippen molar-refractivity contribution in [3.63, 3.8) is 0 Å². The second kappa shape index (κ2) is 7.20. The zero-order chi connectivity index (χ0) is 15.2. The molecular formula is C16H25N3O2. The maximum atomic E-state index is 9.02. The van der Waals surface area contributed by atoms with Gasteiger partial charge >= 0.3 is 0 Å². The van der Waals surface area contributed by atoms with Gasteiger partial charge in [0.1, 0.15) is 5.75 Å². The van der Waals surface area contributed by atoms with Crippen molar-refractivity contribution < 1.29 is 9.94 Å². The molecule has 0 spiro atoms. The summed E-state index contributed by atoms with van der Waals surface area (Å²) in [6, 6.07) is 6.21. The molecule has 0 aliphatic carbocycles. The Morgan fingerprint density at radius 1 is 1.48 bits per heavy atom. The molecule has 0 aromatic heterocycles. The van der Waals surface area contributed by atoms with E-state index in [1.54, 1.807) is 7.11 Å². The van der Waals surface area contributed by atoms with Gasteiger partial charge in [0.25, 0.3) is 0 Å². The molecule has 5 nitrogen and oxygen atoms in total. The quantitative estimate of drug-likeness (QED) is 0.379. The summed E-state index contributed by atoms with van der Waals surface area (Å²) in [5.41, 5.74) is 7.61. The van der Waals surface area contributed by atoms with Gasteiger partial charge in [-0.25, -0.2) is 0 Å². The smallest absolute Gasteiger partial charge is 0.172 e. The highest BCUT2D eigenvalue weighted by atomic mass is 16.5. The van der Waals surface area contributed by atoms with Crippen molar-refractivity contribution in [3.8, 4) is 5.75 Å². The van der Waals surface area contributed by atoms with Crippen LogP contribution in [0, 0.1) is 0 Å². The number of nitrogens with zero attached hydrogens (tertiary/aromatic N) is 2. The fraction of sp³-hybridized carbons (Fsp3) is 0.562. The van der Waals surface area contributed by atoms with Gasteiger partial charge in [0, 0.05) is 24.2 Å². The molecule has 1 aliphatic rings. The van der Waals surface area contributed by atoms with E-state index in [1.807, 2.05) is 18.2 Å². The van der Waals surface area contributed by atoms with Crippen molar-refractivity contribution in [2.24, 2.45) is 10.9 Å². The maximum absolute atomic E-state index is 9.02. The van der Waals surface area contributed by atoms with Crippen LogP contribution in [0.4, 0.5) is 5.69 Å². The molecule has 21 heavy (non-hydrogen) atoms. The lowest BCUT2D eigenvalue weighted by Crippen LogP contribution is -2.40. The lowest BCUT2D eigenvalue weighted by atomic mass is 9.96. The van der Waals surface area contributed by atoms with Gasteiger partial charge in [-0.05, 0) is 37.8 Å². The van der Waals surface area contributed by atoms with E-state index in [4.69, 9.17) is 15.7 Å². The van der Waals surface area contributed by atoms with Gasteiger partial charge in [-0.1, -0.05) is 18.5 Å². The summed E-state index contributed by atoms with van der Waals surface area (Å²) in [7, 11) is 1.65. The average molecular weight is 291 g/mol. The molecule has 1 atom stereocenters. The highest BCUT2D eigenvalue weighted by Crippen LogP contribution is 2.32. The molecule has 0 saturated carbocycles. The van der Waals surface area contributed by atoms with Crippen LogP contribution in [0.25, 0.3) is 0 Å². The largest absolute Gasteiger partial charge is 0.497 e. The number of anilines is 1. The molecule has 5 heteroatoms. The molecule has 3 N–H and O–H groups in total. The number of rotatable bonds is 5. The van der Waals surface area contributed by atoms with E-state index in [0.29, 0.717) is 6.04 Å². The van der Waals surface area contributed by atoms with Gasteiger partial charge < -0.3 is 20.6 Å². The summed E-state index contributed by atoms with van der Waals surface area (Å²) < 4.78 is 5.34. The van der Waals surface area contributed by atoms with Gasteiger partial charge in [0.15, 0.2) is 5.84 Å². The van der Waals surface area contributed by atoms with Crippen molar-refractivity contribution >= 4 is 11.5 Å². The normalized spacial score (nSPS) is 19.6. The number of oxime groups is 1. The molecule has 2 rings (SSSR count). The number of piperidine rings is 1. The molecule has 0 radical (unpaired) electrons. The van der Waals surface area contributed by atoms with Gasteiger partial charge in [0.05, 0.1) is 12.8 Å². The van der Waals surface area contributed by atoms with E-state index in [-0.39, 0.29) is 5.84 Å². The zero-order valence-corrected chi connectivity index (χ0v) is 12.9. The fourth-order valence-corrected chi connectivity index (χ4v) is 3.10. The maximum Gasteiger partial charge on any atom is 0.172 e. The Balaban J connectivity index is 2.42. The molecule has 1 saturated heterocycles. The first-order chi connectivity index (χ1) is 10.2. The number of amidine groups is 1. The van der Waals surface area contributed by atoms with E-state index >= 15 is 0 Å². The Kier molecular flexibility index (Phi) is 5.31. The Hall–Kier alpha value is -1.91. The van der Waals surface area contributed by atoms with E-state index in [0.717, 1.165) is 36.4 Å². The second-order valence-corrected chi connectivity index (χ2v) is 5.50. The third kappa shape index (κ3) is 3.40. The lowest BCUT2D eigenvalue weighted by Gasteiger charge is -2.38. The van der Waals surface area contributed by atoms with Gasteiger partial charge in [-0.2, -0.15) is 0 Å². The van der Waals surface area contributed by atoms with Crippen molar-refractivity contribution in [2.45, 2.75) is 45.1 Å². The van der Waals surface area contributed by atoms with E-state index in [1.165, 1.54) is 19.3 Å². The number of hydrogen-bond acceptors (Lipinski definition) is 4. The number of benzene rings is 1. The van der Waals surface area contributed by atoms with Crippen LogP contribution in [0.1, 0.15) is 44.6 Å². The minimum atomic E-state index is 0.147. The number of methoxy groups -OCH3 is 1. The molecular weight excluding hydrogens is 266 g/mol. The predicted molar refractivity (Wildman–Crippen MR) is 85.4 cm³/mol. The topological polar surface area (TPSA) is 71.1 Å². The average Bonchev–Trinajstić information content (AvgIpc) is 2.54. The predicted octanol–water partition coefficient (Wildman–Crippen LogP) is 2.95. The standard InChI is InChI=1S/C16H25N3O2/c1-3-6-12-7-4-5-10-19(12)15-11-13(21-2)8-9-14(15)16(17)18-20/h8-9,11-12,20H,3-7,10H2,1-2H3,(H2,17,18). The monoisotopic (exact) mass is 291 g/mol. The van der Waals surface area contributed by atoms with Crippen molar-refractivity contribution in [2.75, 3.05) is 18.6 Å². The summed E-state index contributed by atoms with van der Waals surface area (Å²) in [5.74, 6) is 0.939. The highest BCUT2D eigenvalue weighted by Gasteiger charge is 2.25. The molecule has 1 unspecified atom stereocenters. The van der Waals surface area contributed by atoms with Crippen LogP contribution in [0.15, 0.2) is 23.4 Å². The van der Waals surface area contributed by atoms with Crippen LogP contribution < -0.4 is 15.4 Å². The van der Waals surface area contributed by atoms with Gasteiger partial charge in [-0.15, -0.1) is 0 Å². The number of ether oxygens (including phenoxy) is 1. The van der Waals surface area contributed by atoms with Crippen LogP contribution >= 0.6 is 0 Å². The van der Waals surface area contributed by atoms with Gasteiger partial charge in [0.2, 0.25) is 0 Å². The minimum absolute atomic E-state index is 0.147. The summed E-state index contributed by atoms with van der Waals surface area (Å²) in [6.45, 7) is 3.21. The molecule has 1 aliphatic heterocycles. The molecule has 0 bridgehead atoms. The highest BCUT2D eigenvalue weighted by molar-refractivity contribution is 6.02. The molecule has 116 valence electrons. The summed E-state index contributed by atoms with van der Waals surface area (Å²) in [5, 5.41) is 12.2. The molecule has 1 fully saturated rings. The zero-order valence-electron chi connectivity index (χ0n) is 12.9. The van der Waals surface area contributed by atoms with E-state index in [9.17, 15) is 0 Å². The fourth-order valence-electron chi connectivity index (χ4n) is 3.10. The first-order valence-corrected chi connectivity index (χ1v) is 7.63. The van der Waals surface area contributed by atoms with Crippen LogP contribution in [0.2, 0.25) is 0 Å². The Morgan fingerprint density at radius 2 is 2.29 bits per heavy atom. The first-order valence-electron chi connectivity index (χ1n) is 7.63. The van der Waals surface area contributed by atoms with Crippen LogP contribution in [0.3, 0.4) is 0 Å². The van der Waals surface area contributed by atoms with Crippen molar-refractivity contribution in [1.82, 2.24) is 0 Å². The Bertz CT molecular complexity index is 500. The number of hydrogen-bond donors (Lipinski definition) is 2. The number of nitrogens with two attached hydrogens (primary N) is 1. The molecule has 1 aromatic carbocycles. The summed E-state index contributed by atoms with van der Waals surface area (Å²) >= 11 is 0. The van der Waals surface area contributed by atoms with Crippen LogP contribution in [-0.4, -0.2) is 30.7 Å². The summed E-state index contributed by atoms with van der Waals surface area (Å²) in [4.78, 5) is 2.39. The SMILES string of the molecule is CCCC1CCCCN1c1cc(OC)ccc1/C(N)=N/O. The minimum Gasteiger partial charge on any atom is -0.497 e. The molecule has 0 amide bonds. The van der Waals surface area contributed by atoms with Gasteiger partial charge in [-0.3, -0.25) is 0 Å². The Morgan fingerprint density at radius 3 is 2.95 bits per heavy atom. The Labute approximate surface area is 126 Å². The molecule has 1 aromatic rings. The van der Waals surface area contributed by atoms with Crippen LogP contribution in [-0.2, 0) is 0 Å². The lowest BCUT2D eigenvalue weighted by molar-refractivity contribution is 0.318. The van der Waals surface area contributed by atoms with Crippen molar-refractivity contribution in [1.29, 1.82) is 0 Å². The van der Waals surface area contributed by atoms with Crippen molar-refractivity contribution in [3.05, 3.63) is 23.8 Å².